The van der Waals surface area contributed by atoms with Gasteiger partial charge in [0.05, 0.1) is 7.11 Å². The predicted molar refractivity (Wildman–Crippen MR) is 74.1 cm³/mol. The van der Waals surface area contributed by atoms with Gasteiger partial charge >= 0.3 is 0 Å². The molecule has 0 bridgehead atoms. The molecule has 0 aliphatic carbocycles. The highest BCUT2D eigenvalue weighted by molar-refractivity contribution is 9.15. The number of rotatable bonds is 3. The van der Waals surface area contributed by atoms with Crippen LogP contribution in [0.15, 0.2) is 41.8 Å². The molecule has 0 amide bonds. The molecule has 0 aliphatic rings. The van der Waals surface area contributed by atoms with Crippen molar-refractivity contribution in [2.24, 2.45) is 0 Å². The average Bonchev–Trinajstić information content (AvgIpc) is 2.82. The van der Waals surface area contributed by atoms with Gasteiger partial charge in [0.25, 0.3) is 0 Å². The highest BCUT2D eigenvalue weighted by Gasteiger charge is 1.99. The van der Waals surface area contributed by atoms with Gasteiger partial charge in [-0.2, -0.15) is 0 Å². The van der Waals surface area contributed by atoms with Crippen molar-refractivity contribution in [2.75, 3.05) is 7.11 Å². The van der Waals surface area contributed by atoms with Gasteiger partial charge in [-0.3, -0.25) is 0 Å². The van der Waals surface area contributed by atoms with Gasteiger partial charge in [-0.15, -0.1) is 11.3 Å². The van der Waals surface area contributed by atoms with Crippen LogP contribution >= 0.6 is 27.3 Å². The normalized spacial score (nSPS) is 11.5. The number of hydrogen-bond acceptors (Lipinski definition) is 2. The Labute approximate surface area is 108 Å². The second-order valence-electron chi connectivity index (χ2n) is 3.24. The Morgan fingerprint density at radius 2 is 2.00 bits per heavy atom. The van der Waals surface area contributed by atoms with Gasteiger partial charge in [0.2, 0.25) is 0 Å². The van der Waals surface area contributed by atoms with Crippen LogP contribution in [0.25, 0.3) is 10.6 Å². The summed E-state index contributed by atoms with van der Waals surface area (Å²) in [6.45, 7) is 0. The lowest BCUT2D eigenvalue weighted by Crippen LogP contribution is -1.82. The molecule has 3 heteroatoms. The fourth-order valence-electron chi connectivity index (χ4n) is 1.33. The van der Waals surface area contributed by atoms with Crippen molar-refractivity contribution < 1.29 is 4.74 Å². The third kappa shape index (κ3) is 2.74. The lowest BCUT2D eigenvalue weighted by atomic mass is 10.2. The van der Waals surface area contributed by atoms with Gasteiger partial charge in [-0.05, 0) is 35.2 Å². The van der Waals surface area contributed by atoms with Crippen molar-refractivity contribution in [2.45, 2.75) is 0 Å². The zero-order valence-electron chi connectivity index (χ0n) is 8.81. The fourth-order valence-corrected chi connectivity index (χ4v) is 2.65. The van der Waals surface area contributed by atoms with E-state index < -0.39 is 0 Å². The van der Waals surface area contributed by atoms with Crippen molar-refractivity contribution in [3.63, 3.8) is 0 Å². The summed E-state index contributed by atoms with van der Waals surface area (Å²) in [5.74, 6) is 0.875. The first-order chi connectivity index (χ1) is 7.79. The zero-order valence-corrected chi connectivity index (χ0v) is 11.2. The molecular formula is C13H11BrOS. The maximum absolute atomic E-state index is 5.12. The van der Waals surface area contributed by atoms with Crippen molar-refractivity contribution >= 4 is 37.8 Å². The Hall–Kier alpha value is -1.06. The quantitative estimate of drug-likeness (QED) is 0.801. The third-order valence-corrected chi connectivity index (χ3v) is 3.68. The summed E-state index contributed by atoms with van der Waals surface area (Å²) in [7, 11) is 1.67. The molecule has 1 heterocycles. The molecule has 1 nitrogen and oxygen atoms in total. The lowest BCUT2D eigenvalue weighted by molar-refractivity contribution is 0.415. The van der Waals surface area contributed by atoms with Gasteiger partial charge < -0.3 is 4.74 Å². The zero-order chi connectivity index (χ0) is 11.4. The Kier molecular flexibility index (Phi) is 3.80. The highest BCUT2D eigenvalue weighted by atomic mass is 79.9. The van der Waals surface area contributed by atoms with Gasteiger partial charge in [-0.1, -0.05) is 34.1 Å². The molecule has 0 unspecified atom stereocenters. The van der Waals surface area contributed by atoms with Crippen molar-refractivity contribution in [1.29, 1.82) is 0 Å². The van der Waals surface area contributed by atoms with E-state index in [-0.39, 0.29) is 0 Å². The summed E-state index contributed by atoms with van der Waals surface area (Å²) < 4.78 is 6.20. The summed E-state index contributed by atoms with van der Waals surface area (Å²) in [5, 5.41) is 2.07. The van der Waals surface area contributed by atoms with E-state index in [0.29, 0.717) is 0 Å². The topological polar surface area (TPSA) is 9.23 Å². The maximum atomic E-state index is 5.12. The van der Waals surface area contributed by atoms with Crippen LogP contribution in [0.4, 0.5) is 0 Å². The molecule has 0 radical (unpaired) electrons. The number of hydrogen-bond donors (Lipinski definition) is 0. The fraction of sp³-hybridized carbons (Fsp3) is 0.0769. The van der Waals surface area contributed by atoms with Crippen LogP contribution in [-0.4, -0.2) is 7.11 Å². The van der Waals surface area contributed by atoms with Gasteiger partial charge in [0.15, 0.2) is 0 Å². The third-order valence-electron chi connectivity index (χ3n) is 2.18. The molecule has 0 atom stereocenters. The van der Waals surface area contributed by atoms with Crippen LogP contribution in [0, 0.1) is 0 Å². The van der Waals surface area contributed by atoms with E-state index in [2.05, 4.69) is 33.5 Å². The van der Waals surface area contributed by atoms with Crippen LogP contribution in [-0.2, 0) is 0 Å². The minimum atomic E-state index is 0.875. The Morgan fingerprint density at radius 1 is 1.25 bits per heavy atom. The Bertz CT molecular complexity index is 471. The van der Waals surface area contributed by atoms with Crippen LogP contribution in [0.1, 0.15) is 10.4 Å². The molecule has 82 valence electrons. The molecular weight excluding hydrogens is 284 g/mol. The van der Waals surface area contributed by atoms with E-state index >= 15 is 0 Å². The molecule has 0 fully saturated rings. The first-order valence-corrected chi connectivity index (χ1v) is 6.52. The van der Waals surface area contributed by atoms with Crippen molar-refractivity contribution in [3.8, 4) is 5.75 Å². The predicted octanol–water partition coefficient (Wildman–Crippen LogP) is 4.65. The molecule has 0 saturated heterocycles. The number of thiophene rings is 1. The molecule has 0 aliphatic heterocycles. The van der Waals surface area contributed by atoms with Gasteiger partial charge in [0.1, 0.15) is 5.75 Å². The first kappa shape index (κ1) is 11.4. The van der Waals surface area contributed by atoms with E-state index in [1.807, 2.05) is 30.3 Å². The highest BCUT2D eigenvalue weighted by Crippen LogP contribution is 2.27. The van der Waals surface area contributed by atoms with E-state index in [1.54, 1.807) is 18.4 Å². The van der Waals surface area contributed by atoms with Gasteiger partial charge in [-0.25, -0.2) is 0 Å². The summed E-state index contributed by atoms with van der Waals surface area (Å²) in [4.78, 5) is 1.24. The van der Waals surface area contributed by atoms with Crippen LogP contribution in [0.5, 0.6) is 5.75 Å². The molecule has 16 heavy (non-hydrogen) atoms. The monoisotopic (exact) mass is 294 g/mol. The SMILES string of the molecule is COc1ccc(/C(Br)=C/c2cccs2)cc1. The first-order valence-electron chi connectivity index (χ1n) is 4.85. The van der Waals surface area contributed by atoms with Crippen LogP contribution < -0.4 is 4.74 Å². The number of methoxy groups -OCH3 is 1. The van der Waals surface area contributed by atoms with E-state index in [1.165, 1.54) is 4.88 Å². The standard InChI is InChI=1S/C13H11BrOS/c1-15-11-6-4-10(5-7-11)13(14)9-12-3-2-8-16-12/h2-9H,1H3/b13-9-. The minimum absolute atomic E-state index is 0.875. The summed E-state index contributed by atoms with van der Waals surface area (Å²) in [6.07, 6.45) is 2.12. The minimum Gasteiger partial charge on any atom is -0.497 e. The van der Waals surface area contributed by atoms with Crippen molar-refractivity contribution in [1.82, 2.24) is 0 Å². The summed E-state index contributed by atoms with van der Waals surface area (Å²) >= 11 is 5.30. The molecule has 1 aromatic heterocycles. The van der Waals surface area contributed by atoms with E-state index in [9.17, 15) is 0 Å². The van der Waals surface area contributed by atoms with Crippen LogP contribution in [0.3, 0.4) is 0 Å². The van der Waals surface area contributed by atoms with Crippen LogP contribution in [0.2, 0.25) is 0 Å². The molecule has 1 aromatic carbocycles. The average molecular weight is 295 g/mol. The molecule has 0 spiro atoms. The second kappa shape index (κ2) is 5.32. The Balaban J connectivity index is 2.23. The smallest absolute Gasteiger partial charge is 0.118 e. The summed E-state index contributed by atoms with van der Waals surface area (Å²) in [5.41, 5.74) is 1.15. The second-order valence-corrected chi connectivity index (χ2v) is 5.07. The maximum Gasteiger partial charge on any atom is 0.118 e. The van der Waals surface area contributed by atoms with E-state index in [4.69, 9.17) is 4.74 Å². The number of ether oxygens (including phenoxy) is 1. The largest absolute Gasteiger partial charge is 0.497 e. The number of benzene rings is 1. The van der Waals surface area contributed by atoms with Crippen molar-refractivity contribution in [3.05, 3.63) is 52.2 Å². The lowest BCUT2D eigenvalue weighted by Gasteiger charge is -2.02. The van der Waals surface area contributed by atoms with Gasteiger partial charge in [0, 0.05) is 9.36 Å². The molecule has 2 rings (SSSR count). The van der Waals surface area contributed by atoms with E-state index in [0.717, 1.165) is 15.8 Å². The molecule has 0 saturated carbocycles. The number of halogens is 1. The summed E-state index contributed by atoms with van der Waals surface area (Å²) in [6, 6.07) is 12.1. The molecule has 2 aromatic rings. The Morgan fingerprint density at radius 3 is 2.56 bits per heavy atom. The molecule has 0 N–H and O–H groups in total.